The van der Waals surface area contributed by atoms with E-state index in [0.29, 0.717) is 6.26 Å². The van der Waals surface area contributed by atoms with Crippen LogP contribution in [0.3, 0.4) is 0 Å². The maximum atomic E-state index is 9.08. The largest absolute Gasteiger partial charge is 0.748 e. The summed E-state index contributed by atoms with van der Waals surface area (Å²) in [7, 11) is -3.92. The Morgan fingerprint density at radius 2 is 1.74 bits per heavy atom. The van der Waals surface area contributed by atoms with Crippen LogP contribution in [-0.4, -0.2) is 25.8 Å². The number of hydrogen-bond acceptors (Lipinski definition) is 3. The maximum absolute atomic E-state index is 9.08. The molecule has 0 aliphatic carbocycles. The molecule has 0 amide bonds. The third-order valence-corrected chi connectivity index (χ3v) is 2.86. The number of allylic oxidation sites excluding steroid dienone is 2. The van der Waals surface area contributed by atoms with Crippen molar-refractivity contribution in [3.63, 3.8) is 0 Å². The van der Waals surface area contributed by atoms with E-state index in [-0.39, 0.29) is 0 Å². The van der Waals surface area contributed by atoms with Gasteiger partial charge in [-0.15, -0.1) is 0 Å². The van der Waals surface area contributed by atoms with Crippen molar-refractivity contribution < 1.29 is 17.9 Å². The molecule has 0 radical (unpaired) electrons. The van der Waals surface area contributed by atoms with Gasteiger partial charge in [0.1, 0.15) is 6.20 Å². The van der Waals surface area contributed by atoms with Crippen molar-refractivity contribution in [1.29, 1.82) is 0 Å². The molecule has 1 aliphatic heterocycles. The van der Waals surface area contributed by atoms with E-state index in [1.165, 1.54) is 50.6 Å². The van der Waals surface area contributed by atoms with E-state index >= 15 is 0 Å². The lowest BCUT2D eigenvalue weighted by atomic mass is 10.1. The summed E-state index contributed by atoms with van der Waals surface area (Å²) in [5.41, 5.74) is 1.49. The minimum absolute atomic E-state index is 0.604. The number of rotatable bonds is 7. The zero-order chi connectivity index (χ0) is 14.7. The van der Waals surface area contributed by atoms with Crippen molar-refractivity contribution in [2.24, 2.45) is 0 Å². The Balaban J connectivity index is 0.000000555. The molecule has 0 saturated carbocycles. The molecule has 112 valence electrons. The molecule has 0 fully saturated rings. The van der Waals surface area contributed by atoms with Gasteiger partial charge in [-0.3, -0.25) is 4.90 Å². The fraction of sp³-hybridized carbons (Fsp3) is 0.714. The van der Waals surface area contributed by atoms with Gasteiger partial charge in [0.15, 0.2) is 0 Å². The van der Waals surface area contributed by atoms with Gasteiger partial charge in [0.2, 0.25) is 0 Å². The van der Waals surface area contributed by atoms with Crippen molar-refractivity contribution >= 4 is 10.1 Å². The van der Waals surface area contributed by atoms with Crippen LogP contribution in [0.2, 0.25) is 0 Å². The molecule has 0 bridgehead atoms. The predicted molar refractivity (Wildman–Crippen MR) is 77.7 cm³/mol. The molecule has 5 heteroatoms. The van der Waals surface area contributed by atoms with Crippen molar-refractivity contribution in [2.75, 3.05) is 12.8 Å². The van der Waals surface area contributed by atoms with E-state index in [0.717, 1.165) is 0 Å². The standard InChI is InChI=1S/C13H23N.CH4O3S/c1-3-5-6-7-8-10-14-11-9-13(4-2)12-14;1-5(2,3)4/h9,11-12H,3-8,10H2,1-2H3;1H3,(H,2,3,4). The zero-order valence-corrected chi connectivity index (χ0v) is 13.1. The maximum Gasteiger partial charge on any atom is 0.102 e. The van der Waals surface area contributed by atoms with E-state index in [1.807, 2.05) is 0 Å². The van der Waals surface area contributed by atoms with E-state index in [9.17, 15) is 0 Å². The fourth-order valence-electron chi connectivity index (χ4n) is 1.86. The molecule has 1 unspecified atom stereocenters. The predicted octanol–water partition coefficient (Wildman–Crippen LogP) is 1.82. The van der Waals surface area contributed by atoms with Crippen LogP contribution in [0.15, 0.2) is 24.0 Å². The van der Waals surface area contributed by atoms with E-state index < -0.39 is 10.1 Å². The van der Waals surface area contributed by atoms with Gasteiger partial charge in [0.05, 0.1) is 22.9 Å². The Morgan fingerprint density at radius 3 is 2.21 bits per heavy atom. The Hall–Kier alpha value is -0.650. The lowest BCUT2D eigenvalue weighted by Gasteiger charge is -2.06. The molecule has 1 rings (SSSR count). The number of nitrogens with one attached hydrogen (secondary N) is 1. The molecule has 0 saturated heterocycles. The number of quaternary nitrogens is 1. The first-order valence-electron chi connectivity index (χ1n) is 7.02. The van der Waals surface area contributed by atoms with Crippen LogP contribution in [0.1, 0.15) is 52.4 Å². The van der Waals surface area contributed by atoms with Gasteiger partial charge in [-0.05, 0) is 19.3 Å². The van der Waals surface area contributed by atoms with Crippen LogP contribution in [0, 0.1) is 0 Å². The Morgan fingerprint density at radius 1 is 1.16 bits per heavy atom. The summed E-state index contributed by atoms with van der Waals surface area (Å²) in [6.45, 7) is 5.77. The van der Waals surface area contributed by atoms with Gasteiger partial charge in [-0.1, -0.05) is 33.1 Å². The zero-order valence-electron chi connectivity index (χ0n) is 12.3. The third-order valence-electron chi connectivity index (χ3n) is 2.86. The van der Waals surface area contributed by atoms with Crippen LogP contribution in [0.4, 0.5) is 0 Å². The van der Waals surface area contributed by atoms with Gasteiger partial charge >= 0.3 is 0 Å². The molecule has 0 spiro atoms. The fourth-order valence-corrected chi connectivity index (χ4v) is 1.86. The van der Waals surface area contributed by atoms with Crippen molar-refractivity contribution in [1.82, 2.24) is 0 Å². The minimum atomic E-state index is -3.92. The molecule has 0 aromatic carbocycles. The lowest BCUT2D eigenvalue weighted by molar-refractivity contribution is -0.788. The van der Waals surface area contributed by atoms with E-state index in [4.69, 9.17) is 13.0 Å². The van der Waals surface area contributed by atoms with E-state index in [2.05, 4.69) is 32.3 Å². The van der Waals surface area contributed by atoms with Gasteiger partial charge in [-0.2, -0.15) is 0 Å². The van der Waals surface area contributed by atoms with Crippen LogP contribution >= 0.6 is 0 Å². The van der Waals surface area contributed by atoms with Gasteiger partial charge < -0.3 is 4.55 Å². The summed E-state index contributed by atoms with van der Waals surface area (Å²) in [5, 5.41) is 0. The molecule has 4 nitrogen and oxygen atoms in total. The highest BCUT2D eigenvalue weighted by molar-refractivity contribution is 7.84. The minimum Gasteiger partial charge on any atom is -0.748 e. The second kappa shape index (κ2) is 10.2. The normalized spacial score (nSPS) is 17.9. The topological polar surface area (TPSA) is 61.6 Å². The summed E-state index contributed by atoms with van der Waals surface area (Å²) in [4.78, 5) is 1.54. The second-order valence-electron chi connectivity index (χ2n) is 4.85. The van der Waals surface area contributed by atoms with Crippen molar-refractivity contribution in [3.8, 4) is 0 Å². The van der Waals surface area contributed by atoms with Crippen molar-refractivity contribution in [3.05, 3.63) is 24.0 Å². The molecule has 1 N–H and O–H groups in total. The highest BCUT2D eigenvalue weighted by Gasteiger charge is 2.08. The highest BCUT2D eigenvalue weighted by atomic mass is 32.2. The van der Waals surface area contributed by atoms with Gasteiger partial charge in [0, 0.05) is 17.9 Å². The molecule has 0 aromatic heterocycles. The van der Waals surface area contributed by atoms with Crippen LogP contribution in [-0.2, 0) is 10.1 Å². The van der Waals surface area contributed by atoms with Crippen LogP contribution in [0.25, 0.3) is 0 Å². The lowest BCUT2D eigenvalue weighted by Crippen LogP contribution is -3.01. The Labute approximate surface area is 117 Å². The average molecular weight is 289 g/mol. The Bertz CT molecular complexity index is 377. The first-order valence-corrected chi connectivity index (χ1v) is 8.83. The molecular formula is C14H27NO3S. The van der Waals surface area contributed by atoms with Crippen molar-refractivity contribution in [2.45, 2.75) is 52.4 Å². The number of unbranched alkanes of at least 4 members (excludes halogenated alkanes) is 4. The van der Waals surface area contributed by atoms with Gasteiger partial charge in [-0.25, -0.2) is 8.42 Å². The Kier molecular flexibility index (Phi) is 9.83. The molecular weight excluding hydrogens is 262 g/mol. The molecule has 19 heavy (non-hydrogen) atoms. The molecule has 1 heterocycles. The quantitative estimate of drug-likeness (QED) is 0.574. The highest BCUT2D eigenvalue weighted by Crippen LogP contribution is 2.03. The summed E-state index contributed by atoms with van der Waals surface area (Å²) in [6, 6.07) is 0. The summed E-state index contributed by atoms with van der Waals surface area (Å²) in [6.07, 6.45) is 15.6. The van der Waals surface area contributed by atoms with Crippen LogP contribution in [0.5, 0.6) is 0 Å². The number of hydrogen-bond donors (Lipinski definition) is 1. The first kappa shape index (κ1) is 18.4. The monoisotopic (exact) mass is 289 g/mol. The SMILES string of the molecule is CCCCCCC[NH+]1C=CC(CC)=C1.CS(=O)(=O)[O-]. The molecule has 1 atom stereocenters. The summed E-state index contributed by atoms with van der Waals surface area (Å²) < 4.78 is 27.2. The van der Waals surface area contributed by atoms with E-state index in [1.54, 1.807) is 4.90 Å². The third kappa shape index (κ3) is 13.6. The first-order chi connectivity index (χ1) is 8.86. The molecule has 1 aliphatic rings. The van der Waals surface area contributed by atoms with Crippen LogP contribution < -0.4 is 4.90 Å². The average Bonchev–Trinajstić information content (AvgIpc) is 2.74. The summed E-state index contributed by atoms with van der Waals surface area (Å²) >= 11 is 0. The smallest absolute Gasteiger partial charge is 0.102 e. The second-order valence-corrected chi connectivity index (χ2v) is 6.26. The van der Waals surface area contributed by atoms with Gasteiger partial charge in [0.25, 0.3) is 0 Å². The summed E-state index contributed by atoms with van der Waals surface area (Å²) in [5.74, 6) is 0. The molecule has 0 aromatic rings.